The lowest BCUT2D eigenvalue weighted by molar-refractivity contribution is 0.0535. The fourth-order valence-electron chi connectivity index (χ4n) is 1.16. The van der Waals surface area contributed by atoms with Crippen LogP contribution in [0.25, 0.3) is 0 Å². The summed E-state index contributed by atoms with van der Waals surface area (Å²) in [5, 5.41) is 4.36. The Bertz CT molecular complexity index is 529. The second-order valence-electron chi connectivity index (χ2n) is 4.91. The normalized spacial score (nSPS) is 10.3. The number of ether oxygens (including phenoxy) is 1. The van der Waals surface area contributed by atoms with Gasteiger partial charge in [-0.15, -0.1) is 11.3 Å². The second-order valence-corrected chi connectivity index (χ2v) is 5.82. The average Bonchev–Trinajstić information content (AvgIpc) is 2.70. The zero-order valence-electron chi connectivity index (χ0n) is 11.5. The Balaban J connectivity index is 2.43. The highest BCUT2D eigenvalue weighted by molar-refractivity contribution is 7.12. The maximum atomic E-state index is 11.3. The van der Waals surface area contributed by atoms with Crippen LogP contribution in [0.15, 0.2) is 11.4 Å². The molecule has 1 heterocycles. The Hall–Kier alpha value is -1.80. The third-order valence-corrected chi connectivity index (χ3v) is 2.93. The van der Waals surface area contributed by atoms with Crippen LogP contribution in [0.1, 0.15) is 42.9 Å². The van der Waals surface area contributed by atoms with Crippen LogP contribution in [-0.2, 0) is 4.74 Å². The number of hydrogen-bond donors (Lipinski definition) is 1. The maximum Gasteiger partial charge on any atom is 0.408 e. The molecule has 102 valence electrons. The molecule has 1 rings (SSSR count). The van der Waals surface area contributed by atoms with E-state index < -0.39 is 11.7 Å². The summed E-state index contributed by atoms with van der Waals surface area (Å²) >= 11 is 1.37. The van der Waals surface area contributed by atoms with Crippen LogP contribution in [0.2, 0.25) is 0 Å². The van der Waals surface area contributed by atoms with Crippen molar-refractivity contribution >= 4 is 23.2 Å². The lowest BCUT2D eigenvalue weighted by atomic mass is 10.2. The van der Waals surface area contributed by atoms with Crippen molar-refractivity contribution in [1.29, 1.82) is 0 Å². The van der Waals surface area contributed by atoms with E-state index in [0.717, 1.165) is 5.56 Å². The molecule has 0 aliphatic heterocycles. The molecule has 0 aliphatic carbocycles. The topological polar surface area (TPSA) is 55.4 Å². The fourth-order valence-corrected chi connectivity index (χ4v) is 1.91. The van der Waals surface area contributed by atoms with Gasteiger partial charge in [0, 0.05) is 10.9 Å². The molecule has 0 aromatic carbocycles. The van der Waals surface area contributed by atoms with E-state index in [-0.39, 0.29) is 12.3 Å². The zero-order chi connectivity index (χ0) is 14.5. The Morgan fingerprint density at radius 1 is 1.42 bits per heavy atom. The van der Waals surface area contributed by atoms with E-state index in [1.807, 2.05) is 5.38 Å². The van der Waals surface area contributed by atoms with E-state index in [4.69, 9.17) is 4.74 Å². The molecule has 1 aromatic heterocycles. The van der Waals surface area contributed by atoms with Gasteiger partial charge in [0.15, 0.2) is 5.78 Å². The highest BCUT2D eigenvalue weighted by Crippen LogP contribution is 2.13. The Kier molecular flexibility index (Phi) is 5.13. The molecule has 0 unspecified atom stereocenters. The van der Waals surface area contributed by atoms with E-state index in [9.17, 15) is 9.59 Å². The molecule has 0 saturated heterocycles. The number of amides is 1. The molecular weight excluding hydrogens is 262 g/mol. The molecule has 5 heteroatoms. The van der Waals surface area contributed by atoms with Crippen molar-refractivity contribution in [3.05, 3.63) is 21.9 Å². The fraction of sp³-hybridized carbons (Fsp3) is 0.429. The van der Waals surface area contributed by atoms with Crippen LogP contribution in [0.5, 0.6) is 0 Å². The molecule has 0 aliphatic rings. The number of rotatable bonds is 2. The molecule has 1 aromatic rings. The van der Waals surface area contributed by atoms with Crippen molar-refractivity contribution in [2.75, 3.05) is 6.54 Å². The summed E-state index contributed by atoms with van der Waals surface area (Å²) in [7, 11) is 0. The van der Waals surface area contributed by atoms with Gasteiger partial charge in [0.25, 0.3) is 0 Å². The molecular formula is C14H17NO3S. The van der Waals surface area contributed by atoms with Crippen molar-refractivity contribution < 1.29 is 14.3 Å². The van der Waals surface area contributed by atoms with Crippen molar-refractivity contribution in [2.24, 2.45) is 0 Å². The predicted molar refractivity (Wildman–Crippen MR) is 75.4 cm³/mol. The quantitative estimate of drug-likeness (QED) is 0.669. The first kappa shape index (κ1) is 15.3. The summed E-state index contributed by atoms with van der Waals surface area (Å²) in [6.07, 6.45) is -0.489. The van der Waals surface area contributed by atoms with Gasteiger partial charge in [-0.3, -0.25) is 4.79 Å². The van der Waals surface area contributed by atoms with Gasteiger partial charge in [0.05, 0.1) is 11.4 Å². The minimum atomic E-state index is -0.513. The number of hydrogen-bond acceptors (Lipinski definition) is 4. The monoisotopic (exact) mass is 279 g/mol. The summed E-state index contributed by atoms with van der Waals surface area (Å²) in [6.45, 7) is 7.12. The summed E-state index contributed by atoms with van der Waals surface area (Å²) < 4.78 is 5.07. The average molecular weight is 279 g/mol. The lowest BCUT2D eigenvalue weighted by Crippen LogP contribution is -2.32. The zero-order valence-corrected chi connectivity index (χ0v) is 12.3. The third kappa shape index (κ3) is 6.07. The molecule has 0 saturated carbocycles. The number of carbonyl (C=O) groups is 2. The Labute approximate surface area is 117 Å². The number of Topliss-reactive ketones (excluding diaryl/α,β-unsaturated/α-hetero) is 1. The van der Waals surface area contributed by atoms with E-state index in [1.165, 1.54) is 18.3 Å². The molecule has 0 atom stereocenters. The van der Waals surface area contributed by atoms with Crippen LogP contribution in [0.4, 0.5) is 4.79 Å². The molecule has 4 nitrogen and oxygen atoms in total. The van der Waals surface area contributed by atoms with Gasteiger partial charge in [-0.25, -0.2) is 4.79 Å². The van der Waals surface area contributed by atoms with Gasteiger partial charge in [-0.05, 0) is 33.8 Å². The van der Waals surface area contributed by atoms with Crippen LogP contribution in [0.3, 0.4) is 0 Å². The molecule has 0 spiro atoms. The minimum Gasteiger partial charge on any atom is -0.444 e. The van der Waals surface area contributed by atoms with Gasteiger partial charge >= 0.3 is 6.09 Å². The van der Waals surface area contributed by atoms with Crippen LogP contribution in [-0.4, -0.2) is 24.0 Å². The van der Waals surface area contributed by atoms with Crippen molar-refractivity contribution in [3.63, 3.8) is 0 Å². The van der Waals surface area contributed by atoms with Crippen LogP contribution < -0.4 is 5.32 Å². The molecule has 0 fully saturated rings. The molecule has 1 N–H and O–H groups in total. The van der Waals surface area contributed by atoms with E-state index in [1.54, 1.807) is 26.8 Å². The number of ketones is 1. The van der Waals surface area contributed by atoms with Crippen molar-refractivity contribution in [1.82, 2.24) is 5.32 Å². The summed E-state index contributed by atoms with van der Waals surface area (Å²) in [6, 6.07) is 1.74. The standard InChI is InChI=1S/C14H17NO3S/c1-10(16)12-8-11(9-19-12)6-5-7-15-13(17)18-14(2,3)4/h8-9H,7H2,1-4H3,(H,15,17). The molecule has 1 amide bonds. The van der Waals surface area contributed by atoms with E-state index in [0.29, 0.717) is 4.88 Å². The first-order chi connectivity index (χ1) is 8.78. The van der Waals surface area contributed by atoms with Gasteiger partial charge in [0.2, 0.25) is 0 Å². The van der Waals surface area contributed by atoms with E-state index >= 15 is 0 Å². The first-order valence-electron chi connectivity index (χ1n) is 5.83. The van der Waals surface area contributed by atoms with Crippen molar-refractivity contribution in [3.8, 4) is 11.8 Å². The highest BCUT2D eigenvalue weighted by atomic mass is 32.1. The van der Waals surface area contributed by atoms with Crippen molar-refractivity contribution in [2.45, 2.75) is 33.3 Å². The lowest BCUT2D eigenvalue weighted by Gasteiger charge is -2.18. The summed E-state index contributed by atoms with van der Waals surface area (Å²) in [4.78, 5) is 23.1. The van der Waals surface area contributed by atoms with Crippen LogP contribution >= 0.6 is 11.3 Å². The Morgan fingerprint density at radius 2 is 2.11 bits per heavy atom. The van der Waals surface area contributed by atoms with Crippen LogP contribution in [0, 0.1) is 11.8 Å². The Morgan fingerprint density at radius 3 is 2.63 bits per heavy atom. The maximum absolute atomic E-state index is 11.3. The second kappa shape index (κ2) is 6.39. The minimum absolute atomic E-state index is 0.0323. The predicted octanol–water partition coefficient (Wildman–Crippen LogP) is 2.83. The first-order valence-corrected chi connectivity index (χ1v) is 6.71. The molecule has 0 bridgehead atoms. The number of alkyl carbamates (subject to hydrolysis) is 1. The highest BCUT2D eigenvalue weighted by Gasteiger charge is 2.14. The number of carbonyl (C=O) groups excluding carboxylic acids is 2. The SMILES string of the molecule is CC(=O)c1cc(C#CCNC(=O)OC(C)(C)C)cs1. The molecule has 19 heavy (non-hydrogen) atoms. The number of nitrogens with one attached hydrogen (secondary N) is 1. The summed E-state index contributed by atoms with van der Waals surface area (Å²) in [5.74, 6) is 5.71. The molecule has 0 radical (unpaired) electrons. The third-order valence-electron chi connectivity index (χ3n) is 1.90. The van der Waals surface area contributed by atoms with E-state index in [2.05, 4.69) is 17.2 Å². The van der Waals surface area contributed by atoms with Gasteiger partial charge < -0.3 is 10.1 Å². The van der Waals surface area contributed by atoms with Gasteiger partial charge in [-0.1, -0.05) is 11.8 Å². The summed E-state index contributed by atoms with van der Waals surface area (Å²) in [5.41, 5.74) is 0.266. The largest absolute Gasteiger partial charge is 0.444 e. The smallest absolute Gasteiger partial charge is 0.408 e. The van der Waals surface area contributed by atoms with Gasteiger partial charge in [-0.2, -0.15) is 0 Å². The number of thiophene rings is 1. The van der Waals surface area contributed by atoms with Gasteiger partial charge in [0.1, 0.15) is 5.60 Å².